The van der Waals surface area contributed by atoms with E-state index in [-0.39, 0.29) is 17.5 Å². The highest BCUT2D eigenvalue weighted by molar-refractivity contribution is 7.99. The van der Waals surface area contributed by atoms with Crippen molar-refractivity contribution < 1.29 is 9.18 Å². The Morgan fingerprint density at radius 1 is 1.16 bits per heavy atom. The van der Waals surface area contributed by atoms with Crippen molar-refractivity contribution in [1.29, 1.82) is 0 Å². The average Bonchev–Trinajstić information content (AvgIpc) is 3.08. The van der Waals surface area contributed by atoms with Crippen molar-refractivity contribution in [1.82, 2.24) is 14.8 Å². The van der Waals surface area contributed by atoms with Gasteiger partial charge in [0.25, 0.3) is 0 Å². The smallest absolute Gasteiger partial charge is 0.234 e. The summed E-state index contributed by atoms with van der Waals surface area (Å²) >= 11 is 1.39. The van der Waals surface area contributed by atoms with Crippen LogP contribution in [-0.4, -0.2) is 26.4 Å². The second kappa shape index (κ2) is 8.41. The zero-order valence-electron chi connectivity index (χ0n) is 17.7. The Morgan fingerprint density at radius 3 is 2.42 bits per heavy atom. The third-order valence-corrected chi connectivity index (χ3v) is 8.23. The predicted octanol–water partition coefficient (Wildman–Crippen LogP) is 5.09. The molecule has 4 aliphatic carbocycles. The Kier molecular flexibility index (Phi) is 5.63. The van der Waals surface area contributed by atoms with Gasteiger partial charge in [-0.1, -0.05) is 17.8 Å². The number of halogens is 1. The highest BCUT2D eigenvalue weighted by Gasteiger charge is 2.51. The normalized spacial score (nSPS) is 28.6. The van der Waals surface area contributed by atoms with Gasteiger partial charge in [-0.25, -0.2) is 4.39 Å². The lowest BCUT2D eigenvalue weighted by molar-refractivity contribution is -0.113. The van der Waals surface area contributed by atoms with Gasteiger partial charge < -0.3 is 9.88 Å². The largest absolute Gasteiger partial charge is 0.325 e. The molecule has 4 fully saturated rings. The second-order valence-electron chi connectivity index (χ2n) is 9.74. The number of nitrogens with one attached hydrogen (secondary N) is 1. The third-order valence-electron chi connectivity index (χ3n) is 7.26. The molecule has 1 heterocycles. The van der Waals surface area contributed by atoms with E-state index >= 15 is 0 Å². The van der Waals surface area contributed by atoms with Gasteiger partial charge in [-0.05, 0) is 86.0 Å². The fourth-order valence-corrected chi connectivity index (χ4v) is 7.34. The number of amides is 1. The molecule has 4 aliphatic rings. The van der Waals surface area contributed by atoms with Crippen LogP contribution in [0.3, 0.4) is 0 Å². The average molecular weight is 441 g/mol. The predicted molar refractivity (Wildman–Crippen MR) is 120 cm³/mol. The first-order valence-electron chi connectivity index (χ1n) is 11.2. The monoisotopic (exact) mass is 440 g/mol. The lowest BCUT2D eigenvalue weighted by Crippen LogP contribution is -2.47. The van der Waals surface area contributed by atoms with Crippen LogP contribution in [0.25, 0.3) is 0 Å². The molecule has 0 spiro atoms. The number of thioether (sulfide) groups is 1. The number of carbonyl (C=O) groups is 1. The standard InChI is InChI=1S/C24H29FN4OS/c1-2-7-29-21(14-24-11-16-8-17(12-24)10-18(9-16)13-24)27-28-23(29)31-15-22(30)26-20-5-3-19(25)4-6-20/h2-6,16-18H,1,7-15H2,(H,26,30). The van der Waals surface area contributed by atoms with Crippen LogP contribution in [0.2, 0.25) is 0 Å². The summed E-state index contributed by atoms with van der Waals surface area (Å²) in [7, 11) is 0. The van der Waals surface area contributed by atoms with Crippen LogP contribution in [0.4, 0.5) is 10.1 Å². The minimum Gasteiger partial charge on any atom is -0.325 e. The van der Waals surface area contributed by atoms with Crippen LogP contribution < -0.4 is 5.32 Å². The first kappa shape index (κ1) is 20.7. The summed E-state index contributed by atoms with van der Waals surface area (Å²) in [6.07, 6.45) is 11.2. The second-order valence-corrected chi connectivity index (χ2v) is 10.7. The molecule has 0 unspecified atom stereocenters. The van der Waals surface area contributed by atoms with Crippen molar-refractivity contribution in [3.8, 4) is 0 Å². The summed E-state index contributed by atoms with van der Waals surface area (Å²) in [6.45, 7) is 4.56. The first-order valence-corrected chi connectivity index (χ1v) is 12.2. The van der Waals surface area contributed by atoms with Gasteiger partial charge in [-0.15, -0.1) is 16.8 Å². The molecule has 164 valence electrons. The molecule has 0 atom stereocenters. The maximum absolute atomic E-state index is 13.0. The molecular weight excluding hydrogens is 411 g/mol. The van der Waals surface area contributed by atoms with E-state index in [2.05, 4.69) is 26.7 Å². The van der Waals surface area contributed by atoms with E-state index in [9.17, 15) is 9.18 Å². The quantitative estimate of drug-likeness (QED) is 0.459. The van der Waals surface area contributed by atoms with E-state index in [1.165, 1.54) is 62.4 Å². The van der Waals surface area contributed by atoms with Gasteiger partial charge in [0.05, 0.1) is 5.75 Å². The maximum Gasteiger partial charge on any atom is 0.234 e. The summed E-state index contributed by atoms with van der Waals surface area (Å²) in [5, 5.41) is 12.5. The molecule has 7 heteroatoms. The Hall–Kier alpha value is -2.15. The van der Waals surface area contributed by atoms with E-state index in [4.69, 9.17) is 0 Å². The van der Waals surface area contributed by atoms with E-state index in [0.717, 1.165) is 35.2 Å². The fourth-order valence-electron chi connectivity index (χ4n) is 6.57. The zero-order chi connectivity index (χ0) is 21.4. The van der Waals surface area contributed by atoms with Crippen LogP contribution in [0.5, 0.6) is 0 Å². The van der Waals surface area contributed by atoms with Gasteiger partial charge in [0.1, 0.15) is 11.6 Å². The number of benzene rings is 1. The van der Waals surface area contributed by atoms with Crippen LogP contribution in [0.15, 0.2) is 42.1 Å². The maximum atomic E-state index is 13.0. The Labute approximate surface area is 186 Å². The minimum atomic E-state index is -0.323. The molecule has 4 saturated carbocycles. The van der Waals surface area contributed by atoms with Crippen molar-refractivity contribution in [2.45, 2.75) is 56.6 Å². The number of nitrogens with zero attached hydrogens (tertiary/aromatic N) is 3. The molecule has 1 amide bonds. The molecule has 0 saturated heterocycles. The molecule has 31 heavy (non-hydrogen) atoms. The number of hydrogen-bond acceptors (Lipinski definition) is 4. The summed E-state index contributed by atoms with van der Waals surface area (Å²) in [4.78, 5) is 12.3. The minimum absolute atomic E-state index is 0.146. The number of carbonyl (C=O) groups excluding carboxylic acids is 1. The van der Waals surface area contributed by atoms with Crippen molar-refractivity contribution in [3.05, 3.63) is 48.6 Å². The summed E-state index contributed by atoms with van der Waals surface area (Å²) < 4.78 is 15.2. The van der Waals surface area contributed by atoms with Gasteiger partial charge in [0, 0.05) is 18.7 Å². The molecule has 0 radical (unpaired) electrons. The number of hydrogen-bond donors (Lipinski definition) is 1. The Balaban J connectivity index is 1.25. The molecule has 2 aromatic rings. The molecule has 1 aromatic carbocycles. The Bertz CT molecular complexity index is 935. The summed E-state index contributed by atoms with van der Waals surface area (Å²) in [6, 6.07) is 5.78. The lowest BCUT2D eigenvalue weighted by Gasteiger charge is -2.56. The van der Waals surface area contributed by atoms with Crippen molar-refractivity contribution >= 4 is 23.4 Å². The highest BCUT2D eigenvalue weighted by atomic mass is 32.2. The number of allylic oxidation sites excluding steroid dienone is 1. The first-order chi connectivity index (χ1) is 15.0. The molecule has 4 bridgehead atoms. The zero-order valence-corrected chi connectivity index (χ0v) is 18.5. The van der Waals surface area contributed by atoms with Gasteiger partial charge in [-0.3, -0.25) is 4.79 Å². The van der Waals surface area contributed by atoms with E-state index in [1.807, 2.05) is 6.08 Å². The number of aromatic nitrogens is 3. The molecule has 5 nitrogen and oxygen atoms in total. The van der Waals surface area contributed by atoms with Crippen LogP contribution >= 0.6 is 11.8 Å². The van der Waals surface area contributed by atoms with E-state index < -0.39 is 0 Å². The van der Waals surface area contributed by atoms with Gasteiger partial charge >= 0.3 is 0 Å². The highest BCUT2D eigenvalue weighted by Crippen LogP contribution is 2.61. The van der Waals surface area contributed by atoms with Crippen molar-refractivity contribution in [3.63, 3.8) is 0 Å². The molecule has 6 rings (SSSR count). The summed E-state index contributed by atoms with van der Waals surface area (Å²) in [5.41, 5.74) is 0.977. The summed E-state index contributed by atoms with van der Waals surface area (Å²) in [5.74, 6) is 3.51. The van der Waals surface area contributed by atoms with Gasteiger partial charge in [0.15, 0.2) is 5.16 Å². The van der Waals surface area contributed by atoms with Crippen LogP contribution in [0, 0.1) is 29.0 Å². The lowest BCUT2D eigenvalue weighted by atomic mass is 9.49. The van der Waals surface area contributed by atoms with Crippen molar-refractivity contribution in [2.75, 3.05) is 11.1 Å². The fraction of sp³-hybridized carbons (Fsp3) is 0.542. The van der Waals surface area contributed by atoms with E-state index in [0.29, 0.717) is 17.6 Å². The van der Waals surface area contributed by atoms with Crippen LogP contribution in [-0.2, 0) is 17.8 Å². The van der Waals surface area contributed by atoms with Crippen molar-refractivity contribution in [2.24, 2.45) is 23.2 Å². The molecule has 1 aromatic heterocycles. The van der Waals surface area contributed by atoms with Crippen LogP contribution in [0.1, 0.15) is 44.3 Å². The molecule has 1 N–H and O–H groups in total. The van der Waals surface area contributed by atoms with Gasteiger partial charge in [0.2, 0.25) is 5.91 Å². The number of anilines is 1. The van der Waals surface area contributed by atoms with Gasteiger partial charge in [-0.2, -0.15) is 0 Å². The third kappa shape index (κ3) is 4.43. The number of rotatable bonds is 8. The molecular formula is C24H29FN4OS. The Morgan fingerprint density at radius 2 is 1.81 bits per heavy atom. The SMILES string of the molecule is C=CCn1c(CC23CC4CC(CC(C4)C2)C3)nnc1SCC(=O)Nc1ccc(F)cc1. The molecule has 0 aliphatic heterocycles. The van der Waals surface area contributed by atoms with E-state index in [1.54, 1.807) is 12.1 Å². The topological polar surface area (TPSA) is 59.8 Å².